The van der Waals surface area contributed by atoms with Gasteiger partial charge in [0.05, 0.1) is 24.8 Å². The summed E-state index contributed by atoms with van der Waals surface area (Å²) >= 11 is 0. The van der Waals surface area contributed by atoms with Gasteiger partial charge in [0.15, 0.2) is 0 Å². The number of methoxy groups -OCH3 is 1. The zero-order valence-corrected chi connectivity index (χ0v) is 15.9. The fraction of sp³-hybridized carbons (Fsp3) is 0.476. The Kier molecular flexibility index (Phi) is 6.43. The quantitative estimate of drug-likeness (QED) is 0.736. The van der Waals surface area contributed by atoms with Gasteiger partial charge in [-0.3, -0.25) is 4.98 Å². The van der Waals surface area contributed by atoms with Gasteiger partial charge in [-0.05, 0) is 54.3 Å². The summed E-state index contributed by atoms with van der Waals surface area (Å²) in [6, 6.07) is 7.56. The van der Waals surface area contributed by atoms with Gasteiger partial charge in [0, 0.05) is 11.6 Å². The molecule has 0 spiro atoms. The Labute approximate surface area is 150 Å². The van der Waals surface area contributed by atoms with Crippen molar-refractivity contribution in [2.45, 2.75) is 52.7 Å². The third-order valence-corrected chi connectivity index (χ3v) is 4.88. The number of aliphatic hydroxyl groups is 1. The van der Waals surface area contributed by atoms with Gasteiger partial charge in [0.25, 0.3) is 0 Å². The summed E-state index contributed by atoms with van der Waals surface area (Å²) in [5, 5.41) is 15.3. The lowest BCUT2D eigenvalue weighted by atomic mass is 9.90. The van der Waals surface area contributed by atoms with Gasteiger partial charge in [0.1, 0.15) is 5.75 Å². The Balaban J connectivity index is 2.28. The molecule has 2 rings (SSSR count). The minimum atomic E-state index is -0.628. The van der Waals surface area contributed by atoms with Crippen LogP contribution in [0.25, 0.3) is 10.9 Å². The first-order valence-electron chi connectivity index (χ1n) is 8.96. The summed E-state index contributed by atoms with van der Waals surface area (Å²) in [5.74, 6) is 0.763. The van der Waals surface area contributed by atoms with Crippen LogP contribution in [0, 0.1) is 5.41 Å². The highest BCUT2D eigenvalue weighted by Gasteiger charge is 2.21. The van der Waals surface area contributed by atoms with Crippen molar-refractivity contribution in [3.8, 4) is 5.75 Å². The summed E-state index contributed by atoms with van der Waals surface area (Å²) < 4.78 is 5.32. The second-order valence-electron chi connectivity index (χ2n) is 7.08. The van der Waals surface area contributed by atoms with E-state index >= 15 is 0 Å². The fourth-order valence-corrected chi connectivity index (χ4v) is 2.70. The van der Waals surface area contributed by atoms with Gasteiger partial charge in [-0.2, -0.15) is 0 Å². The van der Waals surface area contributed by atoms with Crippen LogP contribution in [0.4, 0.5) is 0 Å². The van der Waals surface area contributed by atoms with E-state index < -0.39 is 6.10 Å². The SMILES string of the molecule is CC[C@@H](N/C=C/C(C)(C)CC)[C@H](O)c1ccnc2ccc(OC)cc12. The molecule has 136 valence electrons. The molecular formula is C21H30N2O2. The number of hydrogen-bond donors (Lipinski definition) is 2. The van der Waals surface area contributed by atoms with Crippen molar-refractivity contribution >= 4 is 10.9 Å². The molecule has 1 aromatic carbocycles. The molecule has 0 unspecified atom stereocenters. The third kappa shape index (κ3) is 4.73. The molecule has 2 atom stereocenters. The van der Waals surface area contributed by atoms with Crippen LogP contribution in [0.1, 0.15) is 52.2 Å². The number of pyridine rings is 1. The van der Waals surface area contributed by atoms with Crippen LogP contribution < -0.4 is 10.1 Å². The number of nitrogens with zero attached hydrogens (tertiary/aromatic N) is 1. The van der Waals surface area contributed by atoms with Crippen molar-refractivity contribution in [2.75, 3.05) is 7.11 Å². The van der Waals surface area contributed by atoms with Crippen molar-refractivity contribution in [1.82, 2.24) is 10.3 Å². The van der Waals surface area contributed by atoms with Crippen molar-refractivity contribution in [3.05, 3.63) is 48.3 Å². The minimum absolute atomic E-state index is 0.0688. The van der Waals surface area contributed by atoms with Crippen molar-refractivity contribution in [1.29, 1.82) is 0 Å². The first-order chi connectivity index (χ1) is 11.9. The maximum Gasteiger partial charge on any atom is 0.119 e. The van der Waals surface area contributed by atoms with Crippen LogP contribution in [0.5, 0.6) is 5.75 Å². The number of rotatable bonds is 8. The van der Waals surface area contributed by atoms with Gasteiger partial charge in [-0.15, -0.1) is 0 Å². The zero-order chi connectivity index (χ0) is 18.4. The molecule has 2 aromatic rings. The predicted octanol–water partition coefficient (Wildman–Crippen LogP) is 4.59. The summed E-state index contributed by atoms with van der Waals surface area (Å²) in [7, 11) is 1.64. The Hall–Kier alpha value is -2.07. The molecule has 0 amide bonds. The molecule has 0 aliphatic heterocycles. The molecule has 0 fully saturated rings. The molecule has 25 heavy (non-hydrogen) atoms. The molecule has 1 heterocycles. The number of aromatic nitrogens is 1. The number of aliphatic hydroxyl groups excluding tert-OH is 1. The van der Waals surface area contributed by atoms with Crippen LogP contribution in [0.2, 0.25) is 0 Å². The van der Waals surface area contributed by atoms with E-state index in [4.69, 9.17) is 4.74 Å². The maximum absolute atomic E-state index is 11.0. The largest absolute Gasteiger partial charge is 0.497 e. The Morgan fingerprint density at radius 2 is 2.04 bits per heavy atom. The first-order valence-corrected chi connectivity index (χ1v) is 8.96. The first kappa shape index (κ1) is 19.3. The Bertz CT molecular complexity index is 725. The molecule has 4 nitrogen and oxygen atoms in total. The monoisotopic (exact) mass is 342 g/mol. The topological polar surface area (TPSA) is 54.4 Å². The van der Waals surface area contributed by atoms with Crippen LogP contribution in [0.15, 0.2) is 42.7 Å². The van der Waals surface area contributed by atoms with Crippen molar-refractivity contribution < 1.29 is 9.84 Å². The van der Waals surface area contributed by atoms with Crippen molar-refractivity contribution in [3.63, 3.8) is 0 Å². The number of fused-ring (bicyclic) bond motifs is 1. The lowest BCUT2D eigenvalue weighted by Crippen LogP contribution is -2.31. The lowest BCUT2D eigenvalue weighted by molar-refractivity contribution is 0.134. The number of benzene rings is 1. The highest BCUT2D eigenvalue weighted by molar-refractivity contribution is 5.83. The van der Waals surface area contributed by atoms with E-state index in [1.807, 2.05) is 30.5 Å². The van der Waals surface area contributed by atoms with E-state index in [0.29, 0.717) is 0 Å². The molecule has 0 aliphatic carbocycles. The van der Waals surface area contributed by atoms with E-state index in [9.17, 15) is 5.11 Å². The highest BCUT2D eigenvalue weighted by atomic mass is 16.5. The van der Waals surface area contributed by atoms with Gasteiger partial charge in [-0.25, -0.2) is 0 Å². The predicted molar refractivity (Wildman–Crippen MR) is 104 cm³/mol. The van der Waals surface area contributed by atoms with Gasteiger partial charge in [-0.1, -0.05) is 33.8 Å². The maximum atomic E-state index is 11.0. The molecular weight excluding hydrogens is 312 g/mol. The number of nitrogens with one attached hydrogen (secondary N) is 1. The number of allylic oxidation sites excluding steroid dienone is 1. The average molecular weight is 342 g/mol. The van der Waals surface area contributed by atoms with E-state index in [-0.39, 0.29) is 11.5 Å². The molecule has 0 radical (unpaired) electrons. The van der Waals surface area contributed by atoms with Crippen LogP contribution in [-0.2, 0) is 0 Å². The molecule has 0 bridgehead atoms. The van der Waals surface area contributed by atoms with Crippen molar-refractivity contribution in [2.24, 2.45) is 5.41 Å². The Morgan fingerprint density at radius 3 is 2.68 bits per heavy atom. The van der Waals surface area contributed by atoms with E-state index in [1.165, 1.54) is 0 Å². The molecule has 1 aromatic heterocycles. The lowest BCUT2D eigenvalue weighted by Gasteiger charge is -2.24. The molecule has 4 heteroatoms. The van der Waals surface area contributed by atoms with E-state index in [1.54, 1.807) is 13.3 Å². The van der Waals surface area contributed by atoms with Gasteiger partial charge >= 0.3 is 0 Å². The number of hydrogen-bond acceptors (Lipinski definition) is 4. The molecule has 0 aliphatic rings. The third-order valence-electron chi connectivity index (χ3n) is 4.88. The highest BCUT2D eigenvalue weighted by Crippen LogP contribution is 2.29. The van der Waals surface area contributed by atoms with Gasteiger partial charge < -0.3 is 15.2 Å². The van der Waals surface area contributed by atoms with E-state index in [2.05, 4.69) is 44.1 Å². The summed E-state index contributed by atoms with van der Waals surface area (Å²) in [6.45, 7) is 8.65. The number of ether oxygens (including phenoxy) is 1. The Morgan fingerprint density at radius 1 is 1.28 bits per heavy atom. The fourth-order valence-electron chi connectivity index (χ4n) is 2.70. The summed E-state index contributed by atoms with van der Waals surface area (Å²) in [4.78, 5) is 4.39. The standard InChI is InChI=1S/C21H30N2O2/c1-6-18(23-13-11-21(3,4)7-2)20(24)16-10-12-22-19-9-8-15(25-5)14-17(16)19/h8-14,18,20,23-24H,6-7H2,1-5H3/b13-11+/t18-,20-/m1/s1. The van der Waals surface area contributed by atoms with Crippen LogP contribution in [-0.4, -0.2) is 23.2 Å². The second-order valence-corrected chi connectivity index (χ2v) is 7.08. The van der Waals surface area contributed by atoms with Crippen LogP contribution >= 0.6 is 0 Å². The summed E-state index contributed by atoms with van der Waals surface area (Å²) in [5.41, 5.74) is 1.87. The average Bonchev–Trinajstić information content (AvgIpc) is 2.63. The normalized spacial score (nSPS) is 14.6. The minimum Gasteiger partial charge on any atom is -0.497 e. The second kappa shape index (κ2) is 8.34. The molecule has 2 N–H and O–H groups in total. The molecule has 0 saturated carbocycles. The summed E-state index contributed by atoms with van der Waals surface area (Å²) in [6.07, 6.45) is 7.14. The van der Waals surface area contributed by atoms with Crippen LogP contribution in [0.3, 0.4) is 0 Å². The van der Waals surface area contributed by atoms with E-state index in [0.717, 1.165) is 35.1 Å². The zero-order valence-electron chi connectivity index (χ0n) is 15.9. The smallest absolute Gasteiger partial charge is 0.119 e. The molecule has 0 saturated heterocycles. The van der Waals surface area contributed by atoms with Gasteiger partial charge in [0.2, 0.25) is 0 Å².